The molecule has 7 heteroatoms. The molecular weight excluding hydrogens is 350 g/mol. The van der Waals surface area contributed by atoms with E-state index in [1.54, 1.807) is 0 Å². The third-order valence-electron chi connectivity index (χ3n) is 3.28. The molecule has 3 rings (SSSR count). The number of nitrogens with zero attached hydrogens (tertiary/aromatic N) is 2. The van der Waals surface area contributed by atoms with Crippen molar-refractivity contribution >= 4 is 27.5 Å². The highest BCUT2D eigenvalue weighted by atomic mass is 32.1. The lowest BCUT2D eigenvalue weighted by Gasteiger charge is -2.26. The summed E-state index contributed by atoms with van der Waals surface area (Å²) >= 11 is 0.360. The number of carbonyl (C=O) groups excluding carboxylic acids is 1. The van der Waals surface area contributed by atoms with Crippen LogP contribution in [-0.4, -0.2) is 46.5 Å². The largest absolute Gasteiger partial charge is 0.506 e. The zero-order valence-electron chi connectivity index (χ0n) is 32.4. The summed E-state index contributed by atoms with van der Waals surface area (Å²) in [6, 6.07) is -3.59. The van der Waals surface area contributed by atoms with Crippen molar-refractivity contribution in [1.82, 2.24) is 14.8 Å². The molecule has 26 heavy (non-hydrogen) atoms. The Bertz CT molecular complexity index is 1570. The zero-order valence-corrected chi connectivity index (χ0v) is 14.2. The van der Waals surface area contributed by atoms with Gasteiger partial charge in [0.05, 0.1) is 9.50 Å². The topological polar surface area (TPSA) is 74.6 Å². The average molecular weight is 397 g/mol. The molecule has 1 atom stereocenters. The Morgan fingerprint density at radius 3 is 3.12 bits per heavy atom. The van der Waals surface area contributed by atoms with E-state index < -0.39 is 114 Å². The van der Waals surface area contributed by atoms with Gasteiger partial charge in [-0.25, -0.2) is 0 Å². The van der Waals surface area contributed by atoms with Crippen molar-refractivity contribution in [2.24, 2.45) is 0 Å². The molecule has 0 spiro atoms. The monoisotopic (exact) mass is 396 g/mol. The first-order chi connectivity index (χ1) is 19.8. The third-order valence-corrected chi connectivity index (χ3v) is 4.06. The predicted octanol–water partition coefficient (Wildman–Crippen LogP) is 2.96. The molecular formula is C19H27N3O3S. The Labute approximate surface area is 184 Å². The number of aromatic nitrogens is 1. The van der Waals surface area contributed by atoms with Crippen LogP contribution >= 0.6 is 11.3 Å². The van der Waals surface area contributed by atoms with Crippen molar-refractivity contribution < 1.29 is 36.0 Å². The Balaban J connectivity index is 2.11. The number of rotatable bonds is 6. The van der Waals surface area contributed by atoms with Crippen LogP contribution in [0.2, 0.25) is 1.41 Å². The lowest BCUT2D eigenvalue weighted by Crippen LogP contribution is -2.36. The molecule has 1 unspecified atom stereocenters. The van der Waals surface area contributed by atoms with Crippen molar-refractivity contribution in [3.05, 3.63) is 27.3 Å². The fourth-order valence-corrected chi connectivity index (χ4v) is 2.99. The predicted molar refractivity (Wildman–Crippen MR) is 105 cm³/mol. The van der Waals surface area contributed by atoms with E-state index in [1.807, 2.05) is 0 Å². The molecule has 2 aromatic heterocycles. The Kier molecular flexibility index (Phi) is 2.01. The quantitative estimate of drug-likeness (QED) is 0.787. The molecule has 2 N–H and O–H groups in total. The summed E-state index contributed by atoms with van der Waals surface area (Å²) in [5.74, 6) is -2.99. The van der Waals surface area contributed by atoms with E-state index in [0.717, 1.165) is 6.92 Å². The van der Waals surface area contributed by atoms with E-state index in [2.05, 4.69) is 0 Å². The first-order valence-corrected chi connectivity index (χ1v) is 8.09. The van der Waals surface area contributed by atoms with Gasteiger partial charge in [-0.1, -0.05) is 6.37 Å². The number of likely N-dealkylation sites (tertiary alicyclic amines) is 1. The second-order valence-electron chi connectivity index (χ2n) is 4.99. The molecule has 1 saturated heterocycles. The smallest absolute Gasteiger partial charge is 0.268 e. The minimum absolute atomic E-state index is 0.170. The van der Waals surface area contributed by atoms with E-state index in [-0.39, 0.29) is 9.88 Å². The molecule has 1 aliphatic rings. The molecule has 0 bridgehead atoms. The molecule has 142 valence electrons. The van der Waals surface area contributed by atoms with Crippen LogP contribution in [0.1, 0.15) is 80.4 Å². The van der Waals surface area contributed by atoms with Gasteiger partial charge in [-0.05, 0) is 63.8 Å². The van der Waals surface area contributed by atoms with Gasteiger partial charge in [-0.3, -0.25) is 14.2 Å². The van der Waals surface area contributed by atoms with Crippen LogP contribution < -0.4 is 10.9 Å². The first-order valence-electron chi connectivity index (χ1n) is 16.7. The number of pyridine rings is 1. The molecule has 0 radical (unpaired) electrons. The van der Waals surface area contributed by atoms with Gasteiger partial charge in [0.1, 0.15) is 16.1 Å². The Morgan fingerprint density at radius 1 is 1.62 bits per heavy atom. The van der Waals surface area contributed by atoms with Crippen LogP contribution in [-0.2, 0) is 0 Å². The Morgan fingerprint density at radius 2 is 2.38 bits per heavy atom. The summed E-state index contributed by atoms with van der Waals surface area (Å²) in [5, 5.41) is 9.42. The van der Waals surface area contributed by atoms with Crippen LogP contribution in [0.4, 0.5) is 0 Å². The van der Waals surface area contributed by atoms with E-state index in [0.29, 0.717) is 11.3 Å². The number of carbonyl (C=O) groups is 1. The summed E-state index contributed by atoms with van der Waals surface area (Å²) in [6.07, 6.45) is -12.8. The molecule has 6 nitrogen and oxygen atoms in total. The fourth-order valence-electron chi connectivity index (χ4n) is 2.18. The van der Waals surface area contributed by atoms with Gasteiger partial charge < -0.3 is 15.3 Å². The van der Waals surface area contributed by atoms with Gasteiger partial charge in [0.25, 0.3) is 11.5 Å². The average Bonchev–Trinajstić information content (AvgIpc) is 3.13. The minimum Gasteiger partial charge on any atom is -0.506 e. The molecule has 1 fully saturated rings. The highest BCUT2D eigenvalue weighted by molar-refractivity contribution is 7.16. The van der Waals surface area contributed by atoms with Gasteiger partial charge in [0.2, 0.25) is 0 Å². The van der Waals surface area contributed by atoms with Gasteiger partial charge in [0.15, 0.2) is 1.41 Å². The molecule has 2 aromatic rings. The molecule has 0 aromatic carbocycles. The van der Waals surface area contributed by atoms with Gasteiger partial charge >= 0.3 is 0 Å². The lowest BCUT2D eigenvalue weighted by molar-refractivity contribution is 0.0946. The second kappa shape index (κ2) is 8.22. The lowest BCUT2D eigenvalue weighted by atomic mass is 10.1. The molecule has 0 saturated carbocycles. The molecule has 1 aliphatic heterocycles. The number of aromatic hydroxyl groups is 1. The molecule has 3 heterocycles. The summed E-state index contributed by atoms with van der Waals surface area (Å²) < 4.78 is 153. The summed E-state index contributed by atoms with van der Waals surface area (Å²) in [6.45, 7) is -14.8. The SMILES string of the molecule is [2H]c1sc2c(c1[2H])c(O)c(C(=O)N([2H])CCC([2H])([2H])N1C([2H])([2H])C([2H])([2H])C([2H])([2H])C([2H])([2H])C1([2H])[2H])c(=O)n2C([2H])(C)C([2H])([2H])[2H]. The van der Waals surface area contributed by atoms with Crippen LogP contribution in [0.25, 0.3) is 10.2 Å². The normalized spacial score (nSPS) is 39.3. The summed E-state index contributed by atoms with van der Waals surface area (Å²) in [4.78, 5) is 25.8. The number of amides is 1. The van der Waals surface area contributed by atoms with Crippen molar-refractivity contribution in [3.8, 4) is 5.75 Å². The van der Waals surface area contributed by atoms with Crippen LogP contribution in [0.3, 0.4) is 0 Å². The van der Waals surface area contributed by atoms with Gasteiger partial charge in [-0.15, -0.1) is 11.3 Å². The maximum Gasteiger partial charge on any atom is 0.268 e. The maximum absolute atomic E-state index is 13.5. The number of fused-ring (bicyclic) bond motifs is 1. The second-order valence-corrected chi connectivity index (χ2v) is 5.78. The first kappa shape index (κ1) is 6.34. The van der Waals surface area contributed by atoms with Crippen molar-refractivity contribution in [1.29, 1.82) is 0 Å². The van der Waals surface area contributed by atoms with Crippen molar-refractivity contribution in [3.63, 3.8) is 0 Å². The standard InChI is InChI=1S/C19H27N3O3S/c1-13(2)22-18(25)15(16(23)14-7-12-26-19(14)22)17(24)20-8-6-11-21-9-4-3-5-10-21/h7,12-13,23H,3-6,8-11H2,1-2H3,(H,20,24)/i1D3,3D2,4D2,5D2,7D,9D2,10D2,11D2,12D,13D/hD. The highest BCUT2D eigenvalue weighted by Crippen LogP contribution is 2.31. The van der Waals surface area contributed by atoms with E-state index in [9.17, 15) is 14.7 Å². The highest BCUT2D eigenvalue weighted by Gasteiger charge is 2.23. The van der Waals surface area contributed by atoms with Crippen LogP contribution in [0, 0.1) is 0 Å². The minimum atomic E-state index is -3.87. The van der Waals surface area contributed by atoms with Gasteiger partial charge in [0, 0.05) is 33.1 Å². The maximum atomic E-state index is 13.5. The van der Waals surface area contributed by atoms with Crippen LogP contribution in [0.5, 0.6) is 5.75 Å². The van der Waals surface area contributed by atoms with Gasteiger partial charge in [-0.2, -0.15) is 0 Å². The number of hydrogen-bond acceptors (Lipinski definition) is 5. The molecule has 0 aliphatic carbocycles. The van der Waals surface area contributed by atoms with Crippen LogP contribution in [0.15, 0.2) is 16.2 Å². The van der Waals surface area contributed by atoms with E-state index in [1.165, 1.54) is 0 Å². The van der Waals surface area contributed by atoms with E-state index in [4.69, 9.17) is 26.1 Å². The number of hydrogen-bond donors (Lipinski definition) is 2. The third kappa shape index (κ3) is 3.78. The number of nitrogens with one attached hydrogen (secondary N) is 1. The summed E-state index contributed by atoms with van der Waals surface area (Å²) in [5.41, 5.74) is -2.95. The number of piperidine rings is 1. The zero-order chi connectivity index (χ0) is 35.5. The fraction of sp³-hybridized carbons (Fsp3) is 0.579. The van der Waals surface area contributed by atoms with Crippen molar-refractivity contribution in [2.75, 3.05) is 26.0 Å². The summed E-state index contributed by atoms with van der Waals surface area (Å²) in [7, 11) is 0. The van der Waals surface area contributed by atoms with Crippen molar-refractivity contribution in [2.45, 2.75) is 45.3 Å². The molecule has 1 amide bonds. The van der Waals surface area contributed by atoms with E-state index >= 15 is 0 Å². The Hall–Kier alpha value is -1.86. The number of thiophene rings is 1.